The van der Waals surface area contributed by atoms with Crippen molar-refractivity contribution >= 4 is 5.82 Å². The predicted molar refractivity (Wildman–Crippen MR) is 60.3 cm³/mol. The summed E-state index contributed by atoms with van der Waals surface area (Å²) in [6.45, 7) is 1.52. The lowest BCUT2D eigenvalue weighted by molar-refractivity contribution is 0.267. The van der Waals surface area contributed by atoms with Gasteiger partial charge in [-0.05, 0) is 24.7 Å². The fourth-order valence-electron chi connectivity index (χ4n) is 1.53. The molecule has 0 saturated carbocycles. The summed E-state index contributed by atoms with van der Waals surface area (Å²) in [5, 5.41) is 3.64. The van der Waals surface area contributed by atoms with Crippen LogP contribution < -0.4 is 5.73 Å². The Labute approximate surface area is 93.9 Å². The summed E-state index contributed by atoms with van der Waals surface area (Å²) in [6.07, 6.45) is 3.57. The van der Waals surface area contributed by atoms with Crippen LogP contribution in [0.15, 0.2) is 35.1 Å². The van der Waals surface area contributed by atoms with Crippen LogP contribution in [0.2, 0.25) is 0 Å². The standard InChI is InChI=1S/C11H14N4O/c1-15(7-9-2-4-13-5-3-9)8-10-6-11(12)14-16-10/h2-6H,7-8H2,1H3,(H2,12,14). The zero-order chi connectivity index (χ0) is 11.4. The van der Waals surface area contributed by atoms with Crippen LogP contribution in [0, 0.1) is 0 Å². The molecule has 0 aromatic carbocycles. The Morgan fingerprint density at radius 1 is 1.31 bits per heavy atom. The average molecular weight is 218 g/mol. The first-order valence-electron chi connectivity index (χ1n) is 5.02. The van der Waals surface area contributed by atoms with Gasteiger partial charge in [-0.15, -0.1) is 0 Å². The van der Waals surface area contributed by atoms with Gasteiger partial charge in [0.1, 0.15) is 0 Å². The van der Waals surface area contributed by atoms with Gasteiger partial charge in [-0.2, -0.15) is 0 Å². The molecule has 2 aromatic heterocycles. The first kappa shape index (κ1) is 10.6. The fraction of sp³-hybridized carbons (Fsp3) is 0.273. The molecule has 16 heavy (non-hydrogen) atoms. The number of nitrogen functional groups attached to an aromatic ring is 1. The molecule has 2 rings (SSSR count). The summed E-state index contributed by atoms with van der Waals surface area (Å²) in [7, 11) is 2.01. The Balaban J connectivity index is 1.92. The van der Waals surface area contributed by atoms with Crippen molar-refractivity contribution in [1.29, 1.82) is 0 Å². The van der Waals surface area contributed by atoms with E-state index in [1.165, 1.54) is 5.56 Å². The second kappa shape index (κ2) is 4.76. The van der Waals surface area contributed by atoms with Crippen molar-refractivity contribution in [2.45, 2.75) is 13.1 Å². The molecule has 0 bridgehead atoms. The molecule has 0 radical (unpaired) electrons. The summed E-state index contributed by atoms with van der Waals surface area (Å²) < 4.78 is 5.04. The van der Waals surface area contributed by atoms with Gasteiger partial charge in [0, 0.05) is 25.0 Å². The molecule has 2 aromatic rings. The summed E-state index contributed by atoms with van der Waals surface area (Å²) in [4.78, 5) is 6.10. The van der Waals surface area contributed by atoms with E-state index in [1.807, 2.05) is 19.2 Å². The molecule has 0 unspecified atom stereocenters. The first-order valence-corrected chi connectivity index (χ1v) is 5.02. The third-order valence-electron chi connectivity index (χ3n) is 2.20. The molecule has 84 valence electrons. The Kier molecular flexibility index (Phi) is 3.16. The number of nitrogens with zero attached hydrogens (tertiary/aromatic N) is 3. The minimum Gasteiger partial charge on any atom is -0.381 e. The smallest absolute Gasteiger partial charge is 0.167 e. The van der Waals surface area contributed by atoms with Crippen LogP contribution in [0.3, 0.4) is 0 Å². The van der Waals surface area contributed by atoms with Crippen molar-refractivity contribution in [3.8, 4) is 0 Å². The number of anilines is 1. The van der Waals surface area contributed by atoms with E-state index in [-0.39, 0.29) is 0 Å². The van der Waals surface area contributed by atoms with Gasteiger partial charge in [-0.25, -0.2) is 0 Å². The van der Waals surface area contributed by atoms with Crippen LogP contribution >= 0.6 is 0 Å². The molecule has 0 spiro atoms. The lowest BCUT2D eigenvalue weighted by Gasteiger charge is -2.14. The van der Waals surface area contributed by atoms with Crippen molar-refractivity contribution < 1.29 is 4.52 Å². The quantitative estimate of drug-likeness (QED) is 0.837. The third kappa shape index (κ3) is 2.80. The highest BCUT2D eigenvalue weighted by Crippen LogP contribution is 2.09. The van der Waals surface area contributed by atoms with E-state index in [1.54, 1.807) is 18.5 Å². The molecule has 0 fully saturated rings. The fourth-order valence-corrected chi connectivity index (χ4v) is 1.53. The zero-order valence-electron chi connectivity index (χ0n) is 9.13. The lowest BCUT2D eigenvalue weighted by Crippen LogP contribution is -2.16. The number of hydrogen-bond acceptors (Lipinski definition) is 5. The Morgan fingerprint density at radius 3 is 2.69 bits per heavy atom. The summed E-state index contributed by atoms with van der Waals surface area (Å²) in [5.41, 5.74) is 6.69. The predicted octanol–water partition coefficient (Wildman–Crippen LogP) is 1.28. The van der Waals surface area contributed by atoms with Crippen molar-refractivity contribution in [1.82, 2.24) is 15.0 Å². The zero-order valence-corrected chi connectivity index (χ0v) is 9.13. The van der Waals surface area contributed by atoms with Gasteiger partial charge in [0.05, 0.1) is 6.54 Å². The van der Waals surface area contributed by atoms with Crippen molar-refractivity contribution in [3.05, 3.63) is 41.9 Å². The monoisotopic (exact) mass is 218 g/mol. The molecule has 0 amide bonds. The van der Waals surface area contributed by atoms with E-state index < -0.39 is 0 Å². The van der Waals surface area contributed by atoms with Gasteiger partial charge >= 0.3 is 0 Å². The number of rotatable bonds is 4. The van der Waals surface area contributed by atoms with Crippen molar-refractivity contribution in [3.63, 3.8) is 0 Å². The summed E-state index contributed by atoms with van der Waals surface area (Å²) >= 11 is 0. The Hall–Kier alpha value is -1.88. The molecule has 2 heterocycles. The summed E-state index contributed by atoms with van der Waals surface area (Å²) in [6, 6.07) is 5.72. The SMILES string of the molecule is CN(Cc1ccncc1)Cc1cc(N)no1. The lowest BCUT2D eigenvalue weighted by atomic mass is 10.2. The molecule has 0 aliphatic heterocycles. The molecule has 0 aliphatic carbocycles. The normalized spacial score (nSPS) is 10.9. The van der Waals surface area contributed by atoms with Crippen LogP contribution in [0.25, 0.3) is 0 Å². The van der Waals surface area contributed by atoms with Crippen LogP contribution in [0.1, 0.15) is 11.3 Å². The molecule has 5 nitrogen and oxygen atoms in total. The molecule has 0 aliphatic rings. The van der Waals surface area contributed by atoms with Crippen molar-refractivity contribution in [2.75, 3.05) is 12.8 Å². The minimum absolute atomic E-state index is 0.423. The largest absolute Gasteiger partial charge is 0.381 e. The molecular weight excluding hydrogens is 204 g/mol. The molecule has 0 saturated heterocycles. The van der Waals surface area contributed by atoms with Crippen LogP contribution in [-0.4, -0.2) is 22.1 Å². The highest BCUT2D eigenvalue weighted by atomic mass is 16.5. The number of aromatic nitrogens is 2. The van der Waals surface area contributed by atoms with E-state index in [0.29, 0.717) is 12.4 Å². The van der Waals surface area contributed by atoms with Gasteiger partial charge in [0.2, 0.25) is 0 Å². The molecule has 0 atom stereocenters. The van der Waals surface area contributed by atoms with E-state index in [9.17, 15) is 0 Å². The number of hydrogen-bond donors (Lipinski definition) is 1. The van der Waals surface area contributed by atoms with Crippen LogP contribution in [0.4, 0.5) is 5.82 Å². The van der Waals surface area contributed by atoms with E-state index in [0.717, 1.165) is 12.3 Å². The second-order valence-corrected chi connectivity index (χ2v) is 3.75. The minimum atomic E-state index is 0.423. The Morgan fingerprint density at radius 2 is 2.06 bits per heavy atom. The average Bonchev–Trinajstić information content (AvgIpc) is 2.65. The highest BCUT2D eigenvalue weighted by molar-refractivity contribution is 5.26. The number of pyridine rings is 1. The second-order valence-electron chi connectivity index (χ2n) is 3.75. The summed E-state index contributed by atoms with van der Waals surface area (Å²) in [5.74, 6) is 1.20. The topological polar surface area (TPSA) is 68.2 Å². The van der Waals surface area contributed by atoms with E-state index in [4.69, 9.17) is 10.3 Å². The molecule has 2 N–H and O–H groups in total. The van der Waals surface area contributed by atoms with Crippen LogP contribution in [0.5, 0.6) is 0 Å². The first-order chi connectivity index (χ1) is 7.74. The van der Waals surface area contributed by atoms with Gasteiger partial charge in [0.25, 0.3) is 0 Å². The van der Waals surface area contributed by atoms with E-state index in [2.05, 4.69) is 15.0 Å². The van der Waals surface area contributed by atoms with Gasteiger partial charge in [0.15, 0.2) is 11.6 Å². The maximum atomic E-state index is 5.48. The maximum Gasteiger partial charge on any atom is 0.167 e. The maximum absolute atomic E-state index is 5.48. The molecule has 5 heteroatoms. The van der Waals surface area contributed by atoms with Gasteiger partial charge in [-0.3, -0.25) is 9.88 Å². The Bertz CT molecular complexity index is 440. The highest BCUT2D eigenvalue weighted by Gasteiger charge is 2.05. The van der Waals surface area contributed by atoms with Gasteiger partial charge < -0.3 is 10.3 Å². The van der Waals surface area contributed by atoms with Gasteiger partial charge in [-0.1, -0.05) is 5.16 Å². The van der Waals surface area contributed by atoms with E-state index >= 15 is 0 Å². The third-order valence-corrected chi connectivity index (χ3v) is 2.20. The van der Waals surface area contributed by atoms with Crippen LogP contribution in [-0.2, 0) is 13.1 Å². The molecular formula is C11H14N4O. The van der Waals surface area contributed by atoms with Crippen molar-refractivity contribution in [2.24, 2.45) is 0 Å². The number of nitrogens with two attached hydrogens (primary N) is 1.